The predicted molar refractivity (Wildman–Crippen MR) is 335 cm³/mol. The highest BCUT2D eigenvalue weighted by molar-refractivity contribution is 6.31. The molecule has 0 saturated carbocycles. The molecule has 1 unspecified atom stereocenters. The summed E-state index contributed by atoms with van der Waals surface area (Å²) in [5, 5.41) is 7.07. The SMILES string of the molecule is CCCCCCCCCCCCC1C(=O)C2=C(C(c3ccc(N(c4ccccc4)c4ccccc4)cc3)=CCC2)c2c1c1c(c3cc(-c4ccc(N(c5ccccc5)c5ccccc5)cc4)c4c(OC)ccc(OC)c4c23)CNC1=O. The van der Waals surface area contributed by atoms with Gasteiger partial charge < -0.3 is 24.6 Å². The smallest absolute Gasteiger partial charge is 0.252 e. The molecule has 406 valence electrons. The summed E-state index contributed by atoms with van der Waals surface area (Å²) >= 11 is 0. The van der Waals surface area contributed by atoms with E-state index in [1.807, 2.05) is 36.4 Å². The molecule has 1 N–H and O–H groups in total. The molecule has 7 heteroatoms. The lowest BCUT2D eigenvalue weighted by Crippen LogP contribution is -2.27. The fourth-order valence-corrected chi connectivity index (χ4v) is 13.2. The van der Waals surface area contributed by atoms with E-state index in [0.29, 0.717) is 36.4 Å². The number of fused-ring (bicyclic) bond motifs is 9. The maximum atomic E-state index is 15.8. The van der Waals surface area contributed by atoms with Gasteiger partial charge in [0.1, 0.15) is 11.5 Å². The number of allylic oxidation sites excluding steroid dienone is 4. The van der Waals surface area contributed by atoms with Gasteiger partial charge in [0.15, 0.2) is 5.78 Å². The van der Waals surface area contributed by atoms with E-state index in [-0.39, 0.29) is 11.7 Å². The Morgan fingerprint density at radius 2 is 0.975 bits per heavy atom. The zero-order valence-electron chi connectivity index (χ0n) is 47.0. The van der Waals surface area contributed by atoms with Crippen molar-refractivity contribution in [2.75, 3.05) is 24.0 Å². The number of carbonyl (C=O) groups is 2. The second-order valence-electron chi connectivity index (χ2n) is 21.9. The average Bonchev–Trinajstić information content (AvgIpc) is 4.18. The Hall–Kier alpha value is -8.68. The van der Waals surface area contributed by atoms with Gasteiger partial charge >= 0.3 is 0 Å². The monoisotopic (exact) mass is 1070 g/mol. The van der Waals surface area contributed by atoms with Crippen LogP contribution in [0.4, 0.5) is 34.1 Å². The minimum Gasteiger partial charge on any atom is -0.496 e. The minimum absolute atomic E-state index is 0.119. The number of Topliss-reactive ketones (excluding diaryl/α,β-unsaturated/α-hetero) is 1. The first-order chi connectivity index (χ1) is 40.0. The van der Waals surface area contributed by atoms with Crippen LogP contribution in [0.1, 0.15) is 129 Å². The zero-order chi connectivity index (χ0) is 55.2. The molecule has 12 rings (SSSR count). The van der Waals surface area contributed by atoms with E-state index in [2.05, 4.69) is 180 Å². The first kappa shape index (κ1) is 53.0. The van der Waals surface area contributed by atoms with Crippen molar-refractivity contribution in [1.82, 2.24) is 5.32 Å². The van der Waals surface area contributed by atoms with Crippen LogP contribution in [0.25, 0.3) is 43.8 Å². The maximum Gasteiger partial charge on any atom is 0.252 e. The Balaban J connectivity index is 1.04. The number of nitrogens with one attached hydrogen (secondary N) is 1. The van der Waals surface area contributed by atoms with Crippen LogP contribution in [0.15, 0.2) is 200 Å². The number of amides is 1. The second-order valence-corrected chi connectivity index (χ2v) is 21.9. The number of unbranched alkanes of at least 4 members (excludes halogenated alkanes) is 9. The largest absolute Gasteiger partial charge is 0.496 e. The summed E-state index contributed by atoms with van der Waals surface area (Å²) in [7, 11) is 3.48. The minimum atomic E-state index is -0.474. The summed E-state index contributed by atoms with van der Waals surface area (Å²) in [6.07, 6.45) is 16.4. The molecule has 0 fully saturated rings. The van der Waals surface area contributed by atoms with E-state index in [4.69, 9.17) is 9.47 Å². The predicted octanol–water partition coefficient (Wildman–Crippen LogP) is 19.5. The molecule has 0 aromatic heterocycles. The number of ketones is 1. The molecule has 9 aromatic rings. The Bertz CT molecular complexity index is 3720. The highest BCUT2D eigenvalue weighted by atomic mass is 16.5. The zero-order valence-corrected chi connectivity index (χ0v) is 47.0. The van der Waals surface area contributed by atoms with Gasteiger partial charge in [-0.15, -0.1) is 0 Å². The summed E-state index contributed by atoms with van der Waals surface area (Å²) in [6, 6.07) is 65.7. The van der Waals surface area contributed by atoms with Gasteiger partial charge in [-0.05, 0) is 160 Å². The van der Waals surface area contributed by atoms with Gasteiger partial charge in [0.2, 0.25) is 0 Å². The van der Waals surface area contributed by atoms with Crippen LogP contribution in [0.2, 0.25) is 0 Å². The number of benzene rings is 9. The van der Waals surface area contributed by atoms with Crippen LogP contribution in [0.3, 0.4) is 0 Å². The topological polar surface area (TPSA) is 71.1 Å². The molecule has 1 heterocycles. The highest BCUT2D eigenvalue weighted by Crippen LogP contribution is 2.57. The molecule has 1 aliphatic heterocycles. The molecule has 0 spiro atoms. The number of ether oxygens (including phenoxy) is 2. The van der Waals surface area contributed by atoms with Crippen molar-refractivity contribution >= 4 is 78.5 Å². The number of nitrogens with zero attached hydrogens (tertiary/aromatic N) is 2. The van der Waals surface area contributed by atoms with E-state index in [9.17, 15) is 4.79 Å². The van der Waals surface area contributed by atoms with Crippen molar-refractivity contribution in [3.05, 3.63) is 228 Å². The number of hydrogen-bond donors (Lipinski definition) is 1. The third kappa shape index (κ3) is 10.2. The molecule has 1 amide bonds. The van der Waals surface area contributed by atoms with Crippen molar-refractivity contribution in [2.24, 2.45) is 0 Å². The van der Waals surface area contributed by atoms with Gasteiger partial charge in [0.05, 0.1) is 14.2 Å². The Kier molecular flexibility index (Phi) is 15.7. The van der Waals surface area contributed by atoms with Crippen molar-refractivity contribution in [2.45, 2.75) is 103 Å². The van der Waals surface area contributed by atoms with Gasteiger partial charge in [-0.25, -0.2) is 0 Å². The molecule has 0 radical (unpaired) electrons. The molecule has 3 aliphatic rings. The normalized spacial score (nSPS) is 14.6. The molecule has 7 nitrogen and oxygen atoms in total. The van der Waals surface area contributed by atoms with E-state index < -0.39 is 5.92 Å². The molecular formula is C74H71N3O4. The molecule has 81 heavy (non-hydrogen) atoms. The molecule has 9 aromatic carbocycles. The van der Waals surface area contributed by atoms with E-state index in [0.717, 1.165) is 131 Å². The van der Waals surface area contributed by atoms with Crippen LogP contribution in [-0.2, 0) is 11.3 Å². The third-order valence-electron chi connectivity index (χ3n) is 17.0. The Morgan fingerprint density at radius 3 is 1.48 bits per heavy atom. The first-order valence-corrected chi connectivity index (χ1v) is 29.4. The number of methoxy groups -OCH3 is 2. The molecule has 0 bridgehead atoms. The summed E-state index contributed by atoms with van der Waals surface area (Å²) in [5.41, 5.74) is 15.5. The van der Waals surface area contributed by atoms with Gasteiger partial charge in [0, 0.05) is 73.9 Å². The number of rotatable bonds is 21. The Labute approximate surface area is 477 Å². The van der Waals surface area contributed by atoms with Gasteiger partial charge in [-0.3, -0.25) is 9.59 Å². The van der Waals surface area contributed by atoms with Gasteiger partial charge in [-0.2, -0.15) is 0 Å². The van der Waals surface area contributed by atoms with Gasteiger partial charge in [0.25, 0.3) is 5.91 Å². The second kappa shape index (κ2) is 24.0. The fourth-order valence-electron chi connectivity index (χ4n) is 13.2. The molecular weight excluding hydrogens is 995 g/mol. The first-order valence-electron chi connectivity index (χ1n) is 29.4. The van der Waals surface area contributed by atoms with Crippen LogP contribution < -0.4 is 24.6 Å². The molecule has 2 aliphatic carbocycles. The third-order valence-corrected chi connectivity index (χ3v) is 17.0. The van der Waals surface area contributed by atoms with Crippen molar-refractivity contribution in [3.63, 3.8) is 0 Å². The summed E-state index contributed by atoms with van der Waals surface area (Å²) < 4.78 is 12.9. The van der Waals surface area contributed by atoms with Crippen molar-refractivity contribution < 1.29 is 19.1 Å². The average molecular weight is 1070 g/mol. The summed E-state index contributed by atoms with van der Waals surface area (Å²) in [6.45, 7) is 2.62. The van der Waals surface area contributed by atoms with Crippen LogP contribution >= 0.6 is 0 Å². The van der Waals surface area contributed by atoms with Gasteiger partial charge in [-0.1, -0.05) is 174 Å². The van der Waals surface area contributed by atoms with Crippen LogP contribution in [0.5, 0.6) is 11.5 Å². The number of para-hydroxylation sites is 4. The van der Waals surface area contributed by atoms with Crippen LogP contribution in [-0.4, -0.2) is 25.9 Å². The van der Waals surface area contributed by atoms with Crippen molar-refractivity contribution in [1.29, 1.82) is 0 Å². The van der Waals surface area contributed by atoms with E-state index in [1.54, 1.807) is 14.2 Å². The number of hydrogen-bond acceptors (Lipinski definition) is 6. The maximum absolute atomic E-state index is 15.8. The number of carbonyl (C=O) groups excluding carboxylic acids is 2. The van der Waals surface area contributed by atoms with E-state index in [1.165, 1.54) is 44.9 Å². The standard InChI is InChI=1S/C74H71N3O4/c1-4-5-6-7-8-9-10-11-12-25-35-60-68-70-63(49-75-74(70)79)62-48-61(51-40-44-57(45-41-51)77(54-31-21-15-22-32-54)55-33-23-16-24-34-55)67-64(80-2)46-47-65(81-3)71(67)69(62)72(68)66-58(36-26-37-59(66)73(60)78)50-38-42-56(43-39-50)76(52-27-17-13-18-28-52)53-29-19-14-20-30-53/h13-24,27-34,36,38-48,60H,4-12,25-26,35,37,49H2,1-3H3,(H,75,79). The molecule has 0 saturated heterocycles. The summed E-state index contributed by atoms with van der Waals surface area (Å²) in [5.74, 6) is 0.974. The summed E-state index contributed by atoms with van der Waals surface area (Å²) in [4.78, 5) is 35.2. The quantitative estimate of drug-likeness (QED) is 0.0571. The fraction of sp³-hybridized carbons (Fsp3) is 0.243. The van der Waals surface area contributed by atoms with Crippen LogP contribution in [0, 0.1) is 0 Å². The lowest BCUT2D eigenvalue weighted by Gasteiger charge is -2.35. The molecule has 1 atom stereocenters. The lowest BCUT2D eigenvalue weighted by molar-refractivity contribution is -0.117. The lowest BCUT2D eigenvalue weighted by atomic mass is 9.66. The number of anilines is 6. The van der Waals surface area contributed by atoms with E-state index >= 15 is 4.79 Å². The Morgan fingerprint density at radius 1 is 0.506 bits per heavy atom. The highest BCUT2D eigenvalue weighted by Gasteiger charge is 2.43. The van der Waals surface area contributed by atoms with Crippen molar-refractivity contribution in [3.8, 4) is 22.6 Å².